The first-order valence-electron chi connectivity index (χ1n) is 9.36. The van der Waals surface area contributed by atoms with Crippen LogP contribution in [0.1, 0.15) is 35.1 Å². The van der Waals surface area contributed by atoms with Crippen LogP contribution in [0, 0.1) is 6.92 Å². The smallest absolute Gasteiger partial charge is 0.342 e. The number of hydrogen-bond donors (Lipinski definition) is 0. The molecular formula is C22H20N4O4. The Balaban J connectivity index is 1.75. The summed E-state index contributed by atoms with van der Waals surface area (Å²) >= 11 is 0. The Hall–Kier alpha value is -3.94. The molecule has 1 atom stereocenters. The quantitative estimate of drug-likeness (QED) is 0.446. The van der Waals surface area contributed by atoms with Crippen molar-refractivity contribution in [3.05, 3.63) is 78.1 Å². The first kappa shape index (κ1) is 19.4. The normalized spacial score (nSPS) is 11.8. The van der Waals surface area contributed by atoms with Gasteiger partial charge in [-0.15, -0.1) is 0 Å². The predicted octanol–water partition coefficient (Wildman–Crippen LogP) is 4.16. The highest BCUT2D eigenvalue weighted by Gasteiger charge is 2.25. The number of aryl methyl sites for hydroxylation is 1. The molecule has 2 aromatic heterocycles. The molecule has 0 aliphatic rings. The average Bonchev–Trinajstić information content (AvgIpc) is 3.41. The van der Waals surface area contributed by atoms with E-state index in [0.717, 1.165) is 5.69 Å². The Kier molecular flexibility index (Phi) is 5.30. The molecule has 0 aliphatic heterocycles. The third kappa shape index (κ3) is 3.80. The minimum atomic E-state index is -0.704. The van der Waals surface area contributed by atoms with E-state index in [1.165, 1.54) is 0 Å². The van der Waals surface area contributed by atoms with Gasteiger partial charge in [0.15, 0.2) is 11.9 Å². The van der Waals surface area contributed by atoms with Gasteiger partial charge < -0.3 is 14.0 Å². The van der Waals surface area contributed by atoms with Gasteiger partial charge in [0, 0.05) is 11.8 Å². The fraction of sp³-hybridized carbons (Fsp3) is 0.182. The van der Waals surface area contributed by atoms with Crippen LogP contribution in [0.15, 0.2) is 65.3 Å². The van der Waals surface area contributed by atoms with Gasteiger partial charge in [0.2, 0.25) is 0 Å². The molecule has 8 nitrogen and oxygen atoms in total. The molecule has 0 amide bonds. The van der Waals surface area contributed by atoms with E-state index >= 15 is 0 Å². The molecule has 4 rings (SSSR count). The molecule has 0 saturated carbocycles. The number of ether oxygens (including phenoxy) is 2. The number of hydrogen-bond acceptors (Lipinski definition) is 7. The third-order valence-electron chi connectivity index (χ3n) is 4.49. The molecule has 2 heterocycles. The Bertz CT molecular complexity index is 1170. The van der Waals surface area contributed by atoms with E-state index in [-0.39, 0.29) is 5.89 Å². The third-order valence-corrected chi connectivity index (χ3v) is 4.49. The highest BCUT2D eigenvalue weighted by Crippen LogP contribution is 2.32. The van der Waals surface area contributed by atoms with Gasteiger partial charge in [-0.1, -0.05) is 35.5 Å². The molecule has 0 N–H and O–H groups in total. The molecule has 0 aliphatic carbocycles. The minimum absolute atomic E-state index is 0.232. The first-order chi connectivity index (χ1) is 14.6. The fourth-order valence-corrected chi connectivity index (χ4v) is 3.03. The van der Waals surface area contributed by atoms with Crippen molar-refractivity contribution in [2.75, 3.05) is 7.11 Å². The molecule has 4 aromatic rings. The van der Waals surface area contributed by atoms with Gasteiger partial charge in [-0.25, -0.2) is 9.48 Å². The maximum absolute atomic E-state index is 13.1. The summed E-state index contributed by atoms with van der Waals surface area (Å²) in [7, 11) is 1.57. The lowest BCUT2D eigenvalue weighted by Crippen LogP contribution is -2.10. The van der Waals surface area contributed by atoms with Crippen molar-refractivity contribution in [3.8, 4) is 22.7 Å². The topological polar surface area (TPSA) is 92.3 Å². The van der Waals surface area contributed by atoms with Crippen molar-refractivity contribution in [2.45, 2.75) is 20.0 Å². The number of methoxy groups -OCH3 is 1. The summed E-state index contributed by atoms with van der Waals surface area (Å²) in [6, 6.07) is 16.9. The van der Waals surface area contributed by atoms with Gasteiger partial charge in [0.25, 0.3) is 5.89 Å². The lowest BCUT2D eigenvalue weighted by atomic mass is 10.1. The summed E-state index contributed by atoms with van der Waals surface area (Å²) < 4.78 is 17.8. The van der Waals surface area contributed by atoms with E-state index in [4.69, 9.17) is 14.0 Å². The molecule has 0 saturated heterocycles. The van der Waals surface area contributed by atoms with Crippen molar-refractivity contribution in [1.82, 2.24) is 19.9 Å². The molecule has 30 heavy (non-hydrogen) atoms. The molecule has 0 bridgehead atoms. The Morgan fingerprint density at radius 1 is 1.10 bits per heavy atom. The van der Waals surface area contributed by atoms with Crippen molar-refractivity contribution >= 4 is 5.97 Å². The number of nitrogens with zero attached hydrogens (tertiary/aromatic N) is 4. The van der Waals surface area contributed by atoms with Gasteiger partial charge in [-0.2, -0.15) is 10.1 Å². The van der Waals surface area contributed by atoms with Crippen LogP contribution in [0.3, 0.4) is 0 Å². The maximum Gasteiger partial charge on any atom is 0.342 e. The van der Waals surface area contributed by atoms with Gasteiger partial charge >= 0.3 is 5.97 Å². The number of rotatable bonds is 6. The molecule has 2 aromatic carbocycles. The molecule has 0 fully saturated rings. The van der Waals surface area contributed by atoms with Crippen LogP contribution >= 0.6 is 0 Å². The zero-order valence-corrected chi connectivity index (χ0v) is 16.8. The lowest BCUT2D eigenvalue weighted by Gasteiger charge is -2.10. The lowest BCUT2D eigenvalue weighted by molar-refractivity contribution is 0.0266. The summed E-state index contributed by atoms with van der Waals surface area (Å²) in [5.41, 5.74) is 2.25. The molecule has 8 heteroatoms. The van der Waals surface area contributed by atoms with E-state index in [9.17, 15) is 4.79 Å². The number of benzene rings is 2. The fourth-order valence-electron chi connectivity index (χ4n) is 3.03. The number of aromatic nitrogens is 4. The SMILES string of the molecule is COc1ccccc1-c1nn(-c2ccccc2)cc1C(=O)OC(C)c1nc(C)no1. The van der Waals surface area contributed by atoms with Crippen molar-refractivity contribution in [3.63, 3.8) is 0 Å². The van der Waals surface area contributed by atoms with Crippen molar-refractivity contribution in [2.24, 2.45) is 0 Å². The average molecular weight is 404 g/mol. The minimum Gasteiger partial charge on any atom is -0.496 e. The zero-order valence-electron chi connectivity index (χ0n) is 16.8. The summed E-state index contributed by atoms with van der Waals surface area (Å²) in [4.78, 5) is 17.2. The molecular weight excluding hydrogens is 384 g/mol. The monoisotopic (exact) mass is 404 g/mol. The van der Waals surface area contributed by atoms with Crippen molar-refractivity contribution in [1.29, 1.82) is 0 Å². The van der Waals surface area contributed by atoms with E-state index in [2.05, 4.69) is 15.2 Å². The second kappa shape index (κ2) is 8.20. The second-order valence-corrected chi connectivity index (χ2v) is 6.60. The van der Waals surface area contributed by atoms with E-state index in [1.54, 1.807) is 31.8 Å². The number of carbonyl (C=O) groups is 1. The largest absolute Gasteiger partial charge is 0.496 e. The molecule has 0 radical (unpaired) electrons. The van der Waals surface area contributed by atoms with Crippen LogP contribution in [-0.4, -0.2) is 33.0 Å². The van der Waals surface area contributed by atoms with Crippen LogP contribution < -0.4 is 4.74 Å². The summed E-state index contributed by atoms with van der Waals surface area (Å²) in [5.74, 6) is 0.751. The summed E-state index contributed by atoms with van der Waals surface area (Å²) in [6.07, 6.45) is 0.940. The highest BCUT2D eigenvalue weighted by atomic mass is 16.6. The van der Waals surface area contributed by atoms with Gasteiger partial charge in [-0.3, -0.25) is 0 Å². The van der Waals surface area contributed by atoms with Crippen LogP contribution in [0.4, 0.5) is 0 Å². The zero-order chi connectivity index (χ0) is 21.1. The predicted molar refractivity (Wildman–Crippen MR) is 108 cm³/mol. The van der Waals surface area contributed by atoms with Crippen LogP contribution in [0.5, 0.6) is 5.75 Å². The van der Waals surface area contributed by atoms with Gasteiger partial charge in [0.1, 0.15) is 17.0 Å². The maximum atomic E-state index is 13.1. The summed E-state index contributed by atoms with van der Waals surface area (Å²) in [6.45, 7) is 3.38. The Morgan fingerprint density at radius 3 is 2.53 bits per heavy atom. The second-order valence-electron chi connectivity index (χ2n) is 6.60. The molecule has 1 unspecified atom stereocenters. The van der Waals surface area contributed by atoms with E-state index in [1.807, 2.05) is 54.6 Å². The van der Waals surface area contributed by atoms with Crippen LogP contribution in [0.2, 0.25) is 0 Å². The summed E-state index contributed by atoms with van der Waals surface area (Å²) in [5, 5.41) is 8.39. The molecule has 0 spiro atoms. The highest BCUT2D eigenvalue weighted by molar-refractivity contribution is 5.97. The Labute approximate surface area is 173 Å². The van der Waals surface area contributed by atoms with Gasteiger partial charge in [0.05, 0.1) is 12.8 Å². The van der Waals surface area contributed by atoms with Crippen LogP contribution in [0.25, 0.3) is 16.9 Å². The first-order valence-corrected chi connectivity index (χ1v) is 9.36. The number of para-hydroxylation sites is 2. The Morgan fingerprint density at radius 2 is 1.83 bits per heavy atom. The van der Waals surface area contributed by atoms with E-state index in [0.29, 0.717) is 28.4 Å². The molecule has 152 valence electrons. The van der Waals surface area contributed by atoms with E-state index < -0.39 is 12.1 Å². The van der Waals surface area contributed by atoms with Crippen molar-refractivity contribution < 1.29 is 18.8 Å². The van der Waals surface area contributed by atoms with Gasteiger partial charge in [-0.05, 0) is 38.1 Å². The number of esters is 1. The standard InChI is InChI=1S/C22H20N4O4/c1-14(21-23-15(2)25-30-21)29-22(27)18-13-26(16-9-5-4-6-10-16)24-20(18)17-11-7-8-12-19(17)28-3/h4-14H,1-3H3. The number of carbonyl (C=O) groups excluding carboxylic acids is 1. The van der Waals surface area contributed by atoms with Crippen LogP contribution in [-0.2, 0) is 4.74 Å².